The lowest BCUT2D eigenvalue weighted by molar-refractivity contribution is -0.143. The summed E-state index contributed by atoms with van der Waals surface area (Å²) in [5, 5.41) is 9.64. The van der Waals surface area contributed by atoms with E-state index in [9.17, 15) is 23.1 Å². The van der Waals surface area contributed by atoms with Crippen molar-refractivity contribution in [2.45, 2.75) is 32.0 Å². The third kappa shape index (κ3) is 4.31. The van der Waals surface area contributed by atoms with E-state index in [2.05, 4.69) is 4.98 Å². The second-order valence-corrected chi connectivity index (χ2v) is 7.45. The summed E-state index contributed by atoms with van der Waals surface area (Å²) in [5.41, 5.74) is 1.10. The number of hydrogen-bond donors (Lipinski definition) is 1. The molecule has 2 aromatic rings. The third-order valence-electron chi connectivity index (χ3n) is 5.14. The Morgan fingerprint density at radius 3 is 2.71 bits per heavy atom. The second-order valence-electron chi connectivity index (χ2n) is 7.04. The van der Waals surface area contributed by atoms with Gasteiger partial charge >= 0.3 is 12.1 Å². The average Bonchev–Trinajstić information content (AvgIpc) is 2.64. The molecule has 0 spiro atoms. The van der Waals surface area contributed by atoms with Crippen LogP contribution in [0.3, 0.4) is 0 Å². The molecule has 28 heavy (non-hydrogen) atoms. The van der Waals surface area contributed by atoms with Gasteiger partial charge in [0.25, 0.3) is 0 Å². The number of piperidine rings is 1. The van der Waals surface area contributed by atoms with Gasteiger partial charge < -0.3 is 5.11 Å². The number of pyridine rings is 1. The van der Waals surface area contributed by atoms with Gasteiger partial charge in [0.2, 0.25) is 0 Å². The van der Waals surface area contributed by atoms with Crippen molar-refractivity contribution in [1.29, 1.82) is 0 Å². The topological polar surface area (TPSA) is 53.4 Å². The van der Waals surface area contributed by atoms with E-state index in [0.717, 1.165) is 23.3 Å². The minimum atomic E-state index is -4.50. The zero-order valence-electron chi connectivity index (χ0n) is 15.2. The maximum Gasteiger partial charge on any atom is 0.416 e. The van der Waals surface area contributed by atoms with Crippen LogP contribution in [-0.2, 0) is 11.0 Å². The highest BCUT2D eigenvalue weighted by molar-refractivity contribution is 6.31. The number of likely N-dealkylation sites (tertiary alicyclic amines) is 1. The lowest BCUT2D eigenvalue weighted by Gasteiger charge is -2.38. The summed E-state index contributed by atoms with van der Waals surface area (Å²) in [6.07, 6.45) is -0.0843. The van der Waals surface area contributed by atoms with E-state index in [1.54, 1.807) is 18.5 Å². The number of halogens is 4. The molecular formula is C20H20ClF3N2O2. The van der Waals surface area contributed by atoms with Crippen LogP contribution in [0.2, 0.25) is 5.02 Å². The van der Waals surface area contributed by atoms with E-state index in [-0.39, 0.29) is 11.6 Å². The first-order valence-electron chi connectivity index (χ1n) is 8.92. The lowest BCUT2D eigenvalue weighted by atomic mass is 9.89. The van der Waals surface area contributed by atoms with Gasteiger partial charge in [0.1, 0.15) is 0 Å². The molecule has 0 radical (unpaired) electrons. The minimum absolute atomic E-state index is 0.215. The predicted molar refractivity (Wildman–Crippen MR) is 99.2 cm³/mol. The van der Waals surface area contributed by atoms with E-state index in [0.29, 0.717) is 24.9 Å². The molecule has 1 aromatic carbocycles. The molecule has 1 N–H and O–H groups in total. The van der Waals surface area contributed by atoms with Crippen molar-refractivity contribution in [3.63, 3.8) is 0 Å². The largest absolute Gasteiger partial charge is 0.481 e. The maximum absolute atomic E-state index is 13.3. The summed E-state index contributed by atoms with van der Waals surface area (Å²) in [4.78, 5) is 17.5. The fourth-order valence-electron chi connectivity index (χ4n) is 3.72. The zero-order chi connectivity index (χ0) is 20.5. The van der Waals surface area contributed by atoms with E-state index in [4.69, 9.17) is 11.6 Å². The molecule has 8 heteroatoms. The number of benzene rings is 1. The Bertz CT molecular complexity index is 873. The Labute approximate surface area is 166 Å². The molecule has 150 valence electrons. The molecule has 0 aliphatic carbocycles. The van der Waals surface area contributed by atoms with Gasteiger partial charge in [0.05, 0.1) is 17.5 Å². The van der Waals surface area contributed by atoms with Gasteiger partial charge in [-0.2, -0.15) is 13.2 Å². The first-order valence-corrected chi connectivity index (χ1v) is 9.30. The zero-order valence-corrected chi connectivity index (χ0v) is 16.0. The van der Waals surface area contributed by atoms with Gasteiger partial charge in [0, 0.05) is 24.0 Å². The quantitative estimate of drug-likeness (QED) is 0.772. The molecule has 2 heterocycles. The number of nitrogens with zero attached hydrogens (tertiary/aromatic N) is 2. The number of aromatic nitrogens is 1. The van der Waals surface area contributed by atoms with Crippen LogP contribution in [0.5, 0.6) is 0 Å². The van der Waals surface area contributed by atoms with Crippen molar-refractivity contribution in [3.8, 4) is 0 Å². The molecule has 1 aliphatic heterocycles. The molecule has 4 nitrogen and oxygen atoms in total. The minimum Gasteiger partial charge on any atom is -0.481 e. The van der Waals surface area contributed by atoms with Gasteiger partial charge in [0.15, 0.2) is 0 Å². The van der Waals surface area contributed by atoms with Crippen LogP contribution < -0.4 is 0 Å². The van der Waals surface area contributed by atoms with Crippen molar-refractivity contribution < 1.29 is 23.1 Å². The summed E-state index contributed by atoms with van der Waals surface area (Å²) in [7, 11) is 0. The van der Waals surface area contributed by atoms with Crippen molar-refractivity contribution in [3.05, 3.63) is 63.9 Å². The molecule has 3 rings (SSSR count). The van der Waals surface area contributed by atoms with Crippen LogP contribution in [0.4, 0.5) is 13.2 Å². The Morgan fingerprint density at radius 2 is 2.07 bits per heavy atom. The number of aryl methyl sites for hydroxylation is 1. The van der Waals surface area contributed by atoms with Crippen LogP contribution in [0, 0.1) is 12.8 Å². The summed E-state index contributed by atoms with van der Waals surface area (Å²) in [5.74, 6) is -1.46. The molecule has 0 bridgehead atoms. The van der Waals surface area contributed by atoms with E-state index < -0.39 is 29.7 Å². The number of carboxylic acid groups (broad SMARTS) is 1. The molecule has 1 saturated heterocycles. The highest BCUT2D eigenvalue weighted by Crippen LogP contribution is 2.40. The summed E-state index contributed by atoms with van der Waals surface area (Å²) < 4.78 is 39.9. The molecular weight excluding hydrogens is 393 g/mol. The Kier molecular flexibility index (Phi) is 5.95. The monoisotopic (exact) mass is 412 g/mol. The lowest BCUT2D eigenvalue weighted by Crippen LogP contribution is -2.41. The van der Waals surface area contributed by atoms with Crippen molar-refractivity contribution in [1.82, 2.24) is 9.88 Å². The molecule has 1 aromatic heterocycles. The fraction of sp³-hybridized carbons (Fsp3) is 0.400. The van der Waals surface area contributed by atoms with Crippen molar-refractivity contribution in [2.75, 3.05) is 13.1 Å². The molecule has 1 fully saturated rings. The summed E-state index contributed by atoms with van der Waals surface area (Å²) in [6, 6.07) is 4.44. The van der Waals surface area contributed by atoms with Gasteiger partial charge in [-0.3, -0.25) is 14.7 Å². The van der Waals surface area contributed by atoms with Crippen molar-refractivity contribution in [2.24, 2.45) is 5.92 Å². The number of aliphatic carboxylic acids is 1. The van der Waals surface area contributed by atoms with Gasteiger partial charge in [-0.25, -0.2) is 0 Å². The first-order chi connectivity index (χ1) is 13.2. The third-order valence-corrected chi connectivity index (χ3v) is 5.49. The predicted octanol–water partition coefficient (Wildman–Crippen LogP) is 4.95. The summed E-state index contributed by atoms with van der Waals surface area (Å²) >= 11 is 6.34. The maximum atomic E-state index is 13.3. The normalized spacial score (nSPS) is 19.4. The fourth-order valence-corrected chi connectivity index (χ4v) is 3.94. The highest BCUT2D eigenvalue weighted by Gasteiger charge is 2.36. The van der Waals surface area contributed by atoms with Gasteiger partial charge in [-0.15, -0.1) is 0 Å². The molecule has 0 amide bonds. The molecule has 0 saturated carbocycles. The van der Waals surface area contributed by atoms with E-state index >= 15 is 0 Å². The van der Waals surface area contributed by atoms with Crippen molar-refractivity contribution >= 4 is 17.6 Å². The Balaban J connectivity index is 2.13. The molecule has 2 atom stereocenters. The van der Waals surface area contributed by atoms with E-state index in [1.807, 2.05) is 11.8 Å². The highest BCUT2D eigenvalue weighted by atomic mass is 35.5. The molecule has 1 aliphatic rings. The molecule has 2 unspecified atom stereocenters. The smallest absolute Gasteiger partial charge is 0.416 e. The summed E-state index contributed by atoms with van der Waals surface area (Å²) in [6.45, 7) is 2.65. The number of rotatable bonds is 4. The number of carboxylic acids is 1. The van der Waals surface area contributed by atoms with Gasteiger partial charge in [-0.05, 0) is 67.3 Å². The number of alkyl halides is 3. The van der Waals surface area contributed by atoms with Crippen LogP contribution in [0.15, 0.2) is 36.7 Å². The SMILES string of the molecule is Cc1cnccc1C(c1cc(C(F)(F)F)ccc1Cl)N1CCCC(C(=O)O)C1. The van der Waals surface area contributed by atoms with Crippen LogP contribution in [0.1, 0.15) is 41.1 Å². The number of hydrogen-bond acceptors (Lipinski definition) is 3. The standard InChI is InChI=1S/C20H20ClF3N2O2/c1-12-10-25-7-6-15(12)18(26-8-2-3-13(11-26)19(27)28)16-9-14(20(22,23)24)4-5-17(16)21/h4-7,9-10,13,18H,2-3,8,11H2,1H3,(H,27,28). The van der Waals surface area contributed by atoms with Crippen LogP contribution >= 0.6 is 11.6 Å². The van der Waals surface area contributed by atoms with Gasteiger partial charge in [-0.1, -0.05) is 11.6 Å². The number of carbonyl (C=O) groups is 1. The average molecular weight is 413 g/mol. The van der Waals surface area contributed by atoms with Crippen LogP contribution in [0.25, 0.3) is 0 Å². The Morgan fingerprint density at radius 1 is 1.32 bits per heavy atom. The van der Waals surface area contributed by atoms with Crippen LogP contribution in [-0.4, -0.2) is 34.0 Å². The van der Waals surface area contributed by atoms with E-state index in [1.165, 1.54) is 6.07 Å². The second kappa shape index (κ2) is 8.09. The Hall–Kier alpha value is -2.12. The first kappa shape index (κ1) is 20.6.